The third kappa shape index (κ3) is 11.2. The Morgan fingerprint density at radius 2 is 1.42 bits per heavy atom. The molecule has 2 aromatic carbocycles. The quantitative estimate of drug-likeness (QED) is 0.0676. The largest absolute Gasteiger partial charge is 0.480 e. The summed E-state index contributed by atoms with van der Waals surface area (Å²) in [6, 6.07) is 14.1. The third-order valence-corrected chi connectivity index (χ3v) is 17.2. The van der Waals surface area contributed by atoms with E-state index in [1.807, 2.05) is 66.9 Å². The van der Waals surface area contributed by atoms with Crippen molar-refractivity contribution in [2.75, 3.05) is 12.0 Å². The molecule has 9 N–H and O–H groups in total. The van der Waals surface area contributed by atoms with Gasteiger partial charge in [0.1, 0.15) is 24.2 Å². The van der Waals surface area contributed by atoms with E-state index in [-0.39, 0.29) is 77.8 Å². The number of carbonyl (C=O) groups excluding carboxylic acids is 1. The van der Waals surface area contributed by atoms with Gasteiger partial charge >= 0.3 is 23.9 Å². The van der Waals surface area contributed by atoms with Gasteiger partial charge in [0.25, 0.3) is 0 Å². The van der Waals surface area contributed by atoms with Gasteiger partial charge in [-0.25, -0.2) is 4.79 Å². The van der Waals surface area contributed by atoms with E-state index in [9.17, 15) is 49.5 Å². The third-order valence-electron chi connectivity index (χ3n) is 16.6. The number of thioether (sulfide) groups is 1. The Balaban J connectivity index is 1.38. The smallest absolute Gasteiger partial charge is 0.326 e. The highest BCUT2D eigenvalue weighted by Gasteiger charge is 2.66. The van der Waals surface area contributed by atoms with Crippen molar-refractivity contribution in [1.82, 2.24) is 21.3 Å². The number of fused-ring (bicyclic) bond motifs is 5. The highest BCUT2D eigenvalue weighted by atomic mass is 32.2. The number of benzene rings is 2. The molecule has 0 bridgehead atoms. The van der Waals surface area contributed by atoms with Gasteiger partial charge < -0.3 is 36.2 Å². The van der Waals surface area contributed by atoms with Crippen LogP contribution < -0.4 is 21.3 Å². The summed E-state index contributed by atoms with van der Waals surface area (Å²) in [6.45, 7) is 8.26. The van der Waals surface area contributed by atoms with Gasteiger partial charge in [-0.2, -0.15) is 11.8 Å². The molecule has 65 heavy (non-hydrogen) atoms. The molecule has 4 aliphatic rings. The normalized spacial score (nSPS) is 32.3. The van der Waals surface area contributed by atoms with Crippen LogP contribution in [0.3, 0.4) is 0 Å². The van der Waals surface area contributed by atoms with Gasteiger partial charge in [0, 0.05) is 24.5 Å². The zero-order valence-corrected chi connectivity index (χ0v) is 39.3. The predicted octanol–water partition coefficient (Wildman–Crippen LogP) is 5.83. The topological polar surface area (TPSA) is 235 Å². The number of hydrogen-bond acceptors (Lipinski definition) is 10. The molecular weight excluding hydrogens is 849 g/mol. The van der Waals surface area contributed by atoms with Crippen molar-refractivity contribution in [3.8, 4) is 0 Å². The molecule has 16 atom stereocenters. The van der Waals surface area contributed by atoms with Gasteiger partial charge in [-0.1, -0.05) is 81.4 Å². The molecule has 1 amide bonds. The second-order valence-corrected chi connectivity index (χ2v) is 21.2. The van der Waals surface area contributed by atoms with E-state index in [2.05, 4.69) is 42.0 Å². The number of carboxylic acids is 4. The van der Waals surface area contributed by atoms with Gasteiger partial charge in [0.15, 0.2) is 0 Å². The van der Waals surface area contributed by atoms with Crippen molar-refractivity contribution in [1.29, 1.82) is 0 Å². The summed E-state index contributed by atoms with van der Waals surface area (Å²) in [7, 11) is 0. The molecule has 0 spiro atoms. The SMILES string of the molecule is CSCCC(NC(=O)CC[C@@H](C)C1CCC2C3C(NC(Cc4ccccc4)C(=O)O)CC4CC(NC(C(=O)O)C(C)O)CC[C@]4(C)C3CC(NC(C(=O)O)c3ccccc3)[C@@]21C)C(=O)O. The molecule has 2 aromatic rings. The van der Waals surface area contributed by atoms with Crippen molar-refractivity contribution < 1.29 is 49.5 Å². The van der Waals surface area contributed by atoms with Gasteiger partial charge in [0.2, 0.25) is 5.91 Å². The predicted molar refractivity (Wildman–Crippen MR) is 249 cm³/mol. The summed E-state index contributed by atoms with van der Waals surface area (Å²) >= 11 is 1.52. The zero-order chi connectivity index (χ0) is 47.2. The van der Waals surface area contributed by atoms with E-state index in [0.29, 0.717) is 49.8 Å². The molecule has 0 aliphatic heterocycles. The molecule has 0 heterocycles. The minimum Gasteiger partial charge on any atom is -0.480 e. The Morgan fingerprint density at radius 1 is 0.754 bits per heavy atom. The molecule has 15 heteroatoms. The first-order valence-corrected chi connectivity index (χ1v) is 25.0. The molecule has 0 aromatic heterocycles. The average molecular weight is 921 g/mol. The Morgan fingerprint density at radius 3 is 2.02 bits per heavy atom. The second kappa shape index (κ2) is 21.7. The minimum absolute atomic E-state index is 0.0203. The van der Waals surface area contributed by atoms with Crippen LogP contribution in [-0.4, -0.2) is 110 Å². The van der Waals surface area contributed by atoms with Crippen LogP contribution in [0.2, 0.25) is 0 Å². The number of aliphatic hydroxyl groups is 1. The van der Waals surface area contributed by atoms with Crippen LogP contribution in [-0.2, 0) is 30.4 Å². The van der Waals surface area contributed by atoms with Gasteiger partial charge in [-0.3, -0.25) is 29.8 Å². The first-order valence-electron chi connectivity index (χ1n) is 23.6. The maximum absolute atomic E-state index is 13.3. The number of nitrogens with one attached hydrogen (secondary N) is 4. The van der Waals surface area contributed by atoms with E-state index >= 15 is 0 Å². The van der Waals surface area contributed by atoms with Crippen molar-refractivity contribution in [3.63, 3.8) is 0 Å². The number of carbonyl (C=O) groups is 5. The van der Waals surface area contributed by atoms with Crippen LogP contribution in [0, 0.1) is 46.3 Å². The Kier molecular flexibility index (Phi) is 16.9. The number of aliphatic hydroxyl groups excluding tert-OH is 1. The van der Waals surface area contributed by atoms with Gasteiger partial charge in [0.05, 0.1) is 6.10 Å². The molecule has 14 nitrogen and oxygen atoms in total. The highest BCUT2D eigenvalue weighted by molar-refractivity contribution is 7.98. The first-order chi connectivity index (χ1) is 30.9. The Labute approximate surface area is 387 Å². The van der Waals surface area contributed by atoms with E-state index in [4.69, 9.17) is 0 Å². The van der Waals surface area contributed by atoms with Crippen LogP contribution in [0.25, 0.3) is 0 Å². The number of hydrogen-bond donors (Lipinski definition) is 9. The van der Waals surface area contributed by atoms with Crippen molar-refractivity contribution in [2.24, 2.45) is 46.3 Å². The molecule has 4 fully saturated rings. The number of carboxylic acid groups (broad SMARTS) is 4. The Bertz CT molecular complexity index is 1960. The summed E-state index contributed by atoms with van der Waals surface area (Å²) in [5.74, 6) is -3.52. The first kappa shape index (κ1) is 50.4. The summed E-state index contributed by atoms with van der Waals surface area (Å²) in [5.41, 5.74) is 0.827. The van der Waals surface area contributed by atoms with Gasteiger partial charge in [-0.15, -0.1) is 0 Å². The minimum atomic E-state index is -1.13. The number of rotatable bonds is 22. The lowest BCUT2D eigenvalue weighted by atomic mass is 9.42. The molecule has 4 aliphatic carbocycles. The molecule has 0 radical (unpaired) electrons. The van der Waals surface area contributed by atoms with E-state index in [1.54, 1.807) is 0 Å². The lowest BCUT2D eigenvalue weighted by molar-refractivity contribution is -0.156. The van der Waals surface area contributed by atoms with Crippen LogP contribution in [0.5, 0.6) is 0 Å². The molecular formula is C50H72N4O10S. The Hall–Kier alpha value is -4.02. The lowest BCUT2D eigenvalue weighted by Crippen LogP contribution is -2.68. The van der Waals surface area contributed by atoms with E-state index < -0.39 is 59.6 Å². The molecule has 6 rings (SSSR count). The maximum Gasteiger partial charge on any atom is 0.326 e. The van der Waals surface area contributed by atoms with Crippen molar-refractivity contribution >= 4 is 41.5 Å². The van der Waals surface area contributed by atoms with Crippen LogP contribution in [0.15, 0.2) is 60.7 Å². The van der Waals surface area contributed by atoms with E-state index in [1.165, 1.54) is 18.7 Å². The number of amides is 1. The van der Waals surface area contributed by atoms with Crippen LogP contribution >= 0.6 is 11.8 Å². The zero-order valence-electron chi connectivity index (χ0n) is 38.5. The second-order valence-electron chi connectivity index (χ2n) is 20.2. The monoisotopic (exact) mass is 920 g/mol. The van der Waals surface area contributed by atoms with Crippen molar-refractivity contribution in [3.05, 3.63) is 71.8 Å². The standard InChI is InChI=1S/C50H72N4O10S/c1-28(16-19-41(56)53-37(45(57)58)21-23-65-5)34-17-18-35-42-36(27-40(50(34,35)4)54-44(48(63)64)31-14-10-7-11-15-31)49(3)22-20-33(51-43(29(2)55)47(61)62)25-32(49)26-38(42)52-39(46(59)60)24-30-12-8-6-9-13-30/h6-15,28-29,32-40,42-44,51-52,54-55H,16-27H2,1-5H3,(H,53,56)(H,57,58)(H,59,60)(H,61,62)(H,63,64)/t28-,29?,32?,33?,34?,35?,36?,37?,38?,39?,40?,42?,43?,44?,49+,50-/m1/s1. The van der Waals surface area contributed by atoms with Crippen LogP contribution in [0.4, 0.5) is 0 Å². The van der Waals surface area contributed by atoms with E-state index in [0.717, 1.165) is 24.8 Å². The number of aliphatic carboxylic acids is 4. The lowest BCUT2D eigenvalue weighted by Gasteiger charge is -2.66. The fourth-order valence-electron chi connectivity index (χ4n) is 13.3. The van der Waals surface area contributed by atoms with Gasteiger partial charge in [-0.05, 0) is 141 Å². The molecule has 0 saturated heterocycles. The average Bonchev–Trinajstić information content (AvgIpc) is 3.63. The van der Waals surface area contributed by atoms with Crippen molar-refractivity contribution in [2.45, 2.75) is 147 Å². The fourth-order valence-corrected chi connectivity index (χ4v) is 13.8. The fraction of sp³-hybridized carbons (Fsp3) is 0.660. The summed E-state index contributed by atoms with van der Waals surface area (Å²) < 4.78 is 0. The molecule has 358 valence electrons. The molecule has 13 unspecified atom stereocenters. The van der Waals surface area contributed by atoms with Crippen LogP contribution in [0.1, 0.15) is 109 Å². The summed E-state index contributed by atoms with van der Waals surface area (Å²) in [5, 5.41) is 65.3. The highest BCUT2D eigenvalue weighted by Crippen LogP contribution is 2.68. The summed E-state index contributed by atoms with van der Waals surface area (Å²) in [4.78, 5) is 64.0. The molecule has 4 saturated carbocycles. The summed E-state index contributed by atoms with van der Waals surface area (Å²) in [6.07, 6.45) is 7.19. The maximum atomic E-state index is 13.3.